The first-order valence-corrected chi connectivity index (χ1v) is 4.97. The Balaban J connectivity index is 3.49. The summed E-state index contributed by atoms with van der Waals surface area (Å²) in [6.45, 7) is 0. The standard InChI is InChI=1S/C9H9ClN4O3/c10-4-7(11)13-8-5(9(12)15)2-1-3-6(8)14(16)17/h1-3H,4H2,(H2,11,13)(H2,12,15). The SMILES string of the molecule is NC(=O)c1cccc([N+](=O)[O-])c1N=C(N)CCl. The van der Waals surface area contributed by atoms with Gasteiger partial charge in [0.05, 0.1) is 16.4 Å². The molecule has 17 heavy (non-hydrogen) atoms. The van der Waals surface area contributed by atoms with Crippen molar-refractivity contribution >= 4 is 34.7 Å². The third kappa shape index (κ3) is 2.91. The number of carbonyl (C=O) groups excluding carboxylic acids is 1. The molecule has 0 saturated heterocycles. The highest BCUT2D eigenvalue weighted by molar-refractivity contribution is 6.28. The summed E-state index contributed by atoms with van der Waals surface area (Å²) >= 11 is 5.42. The van der Waals surface area contributed by atoms with E-state index in [1.54, 1.807) is 0 Å². The van der Waals surface area contributed by atoms with E-state index < -0.39 is 10.8 Å². The largest absolute Gasteiger partial charge is 0.386 e. The number of halogens is 1. The van der Waals surface area contributed by atoms with E-state index in [2.05, 4.69) is 4.99 Å². The lowest BCUT2D eigenvalue weighted by atomic mass is 10.1. The van der Waals surface area contributed by atoms with E-state index in [4.69, 9.17) is 23.1 Å². The van der Waals surface area contributed by atoms with E-state index in [0.29, 0.717) is 0 Å². The third-order valence-corrected chi connectivity index (χ3v) is 2.14. The predicted octanol–water partition coefficient (Wildman–Crippen LogP) is 0.921. The first-order valence-electron chi connectivity index (χ1n) is 4.43. The number of nitrogens with two attached hydrogens (primary N) is 2. The molecule has 8 heteroatoms. The van der Waals surface area contributed by atoms with Gasteiger partial charge in [-0.3, -0.25) is 14.9 Å². The van der Waals surface area contributed by atoms with Crippen molar-refractivity contribution in [3.63, 3.8) is 0 Å². The van der Waals surface area contributed by atoms with Gasteiger partial charge in [0, 0.05) is 6.07 Å². The molecule has 1 rings (SSSR count). The number of aliphatic imine (C=N–C) groups is 1. The quantitative estimate of drug-likeness (QED) is 0.273. The van der Waals surface area contributed by atoms with Crippen LogP contribution in [0, 0.1) is 10.1 Å². The van der Waals surface area contributed by atoms with Crippen molar-refractivity contribution < 1.29 is 9.72 Å². The van der Waals surface area contributed by atoms with Crippen LogP contribution in [0.25, 0.3) is 0 Å². The van der Waals surface area contributed by atoms with Crippen LogP contribution >= 0.6 is 11.6 Å². The average Bonchev–Trinajstić information content (AvgIpc) is 2.28. The van der Waals surface area contributed by atoms with Crippen molar-refractivity contribution in [2.24, 2.45) is 16.5 Å². The lowest BCUT2D eigenvalue weighted by Gasteiger charge is -2.03. The fourth-order valence-corrected chi connectivity index (χ4v) is 1.23. The predicted molar refractivity (Wildman–Crippen MR) is 63.6 cm³/mol. The number of nitro groups is 1. The van der Waals surface area contributed by atoms with Gasteiger partial charge in [0.25, 0.3) is 11.6 Å². The maximum Gasteiger partial charge on any atom is 0.295 e. The molecule has 0 saturated carbocycles. The molecule has 0 bridgehead atoms. The molecular weight excluding hydrogens is 248 g/mol. The molecule has 1 amide bonds. The number of rotatable bonds is 4. The molecule has 0 fully saturated rings. The van der Waals surface area contributed by atoms with Crippen LogP contribution in [0.15, 0.2) is 23.2 Å². The monoisotopic (exact) mass is 256 g/mol. The summed E-state index contributed by atoms with van der Waals surface area (Å²) in [5.74, 6) is -0.970. The Morgan fingerprint density at radius 2 is 2.12 bits per heavy atom. The van der Waals surface area contributed by atoms with Gasteiger partial charge in [-0.2, -0.15) is 0 Å². The second kappa shape index (κ2) is 5.26. The van der Waals surface area contributed by atoms with E-state index in [1.807, 2.05) is 0 Å². The molecule has 90 valence electrons. The number of nitro benzene ring substituents is 1. The molecular formula is C9H9ClN4O3. The van der Waals surface area contributed by atoms with Crippen molar-refractivity contribution in [3.05, 3.63) is 33.9 Å². The lowest BCUT2D eigenvalue weighted by Crippen LogP contribution is -2.15. The molecule has 1 aromatic carbocycles. The van der Waals surface area contributed by atoms with Gasteiger partial charge >= 0.3 is 0 Å². The summed E-state index contributed by atoms with van der Waals surface area (Å²) in [6.07, 6.45) is 0. The molecule has 0 aliphatic rings. The number of hydrogen-bond donors (Lipinski definition) is 2. The second-order valence-corrected chi connectivity index (χ2v) is 3.30. The molecule has 0 atom stereocenters. The van der Waals surface area contributed by atoms with Crippen LogP contribution in [0.4, 0.5) is 11.4 Å². The summed E-state index contributed by atoms with van der Waals surface area (Å²) in [4.78, 5) is 25.0. The zero-order valence-electron chi connectivity index (χ0n) is 8.59. The van der Waals surface area contributed by atoms with Crippen LogP contribution in [0.3, 0.4) is 0 Å². The Bertz CT molecular complexity index is 469. The first-order chi connectivity index (χ1) is 7.97. The number of carbonyl (C=O) groups is 1. The Labute approximate surface area is 101 Å². The van der Waals surface area contributed by atoms with Crippen molar-refractivity contribution in [3.8, 4) is 0 Å². The van der Waals surface area contributed by atoms with E-state index in [-0.39, 0.29) is 28.7 Å². The molecule has 0 aliphatic heterocycles. The van der Waals surface area contributed by atoms with E-state index in [9.17, 15) is 14.9 Å². The van der Waals surface area contributed by atoms with E-state index in [1.165, 1.54) is 18.2 Å². The number of alkyl halides is 1. The molecule has 0 radical (unpaired) electrons. The van der Waals surface area contributed by atoms with E-state index in [0.717, 1.165) is 0 Å². The van der Waals surface area contributed by atoms with Crippen LogP contribution in [0.2, 0.25) is 0 Å². The molecule has 0 unspecified atom stereocenters. The lowest BCUT2D eigenvalue weighted by molar-refractivity contribution is -0.384. The van der Waals surface area contributed by atoms with Gasteiger partial charge in [0.15, 0.2) is 5.69 Å². The number of benzene rings is 1. The molecule has 7 nitrogen and oxygen atoms in total. The summed E-state index contributed by atoms with van der Waals surface area (Å²) in [6, 6.07) is 3.87. The minimum absolute atomic E-state index is 0.0385. The zero-order valence-corrected chi connectivity index (χ0v) is 9.35. The zero-order chi connectivity index (χ0) is 13.0. The van der Waals surface area contributed by atoms with Crippen LogP contribution < -0.4 is 11.5 Å². The third-order valence-electron chi connectivity index (χ3n) is 1.87. The van der Waals surface area contributed by atoms with Gasteiger partial charge in [0.1, 0.15) is 5.84 Å². The molecule has 0 heterocycles. The van der Waals surface area contributed by atoms with Gasteiger partial charge in [-0.25, -0.2) is 4.99 Å². The van der Waals surface area contributed by atoms with E-state index >= 15 is 0 Å². The summed E-state index contributed by atoms with van der Waals surface area (Å²) < 4.78 is 0. The maximum atomic E-state index is 11.1. The van der Waals surface area contributed by atoms with Crippen molar-refractivity contribution in [1.29, 1.82) is 0 Å². The smallest absolute Gasteiger partial charge is 0.295 e. The summed E-state index contributed by atoms with van der Waals surface area (Å²) in [7, 11) is 0. The molecule has 0 aliphatic carbocycles. The number of primary amides is 1. The molecule has 0 spiro atoms. The Hall–Kier alpha value is -2.15. The molecule has 4 N–H and O–H groups in total. The van der Waals surface area contributed by atoms with Gasteiger partial charge < -0.3 is 11.5 Å². The Morgan fingerprint density at radius 3 is 2.59 bits per heavy atom. The summed E-state index contributed by atoms with van der Waals surface area (Å²) in [5.41, 5.74) is 9.88. The minimum atomic E-state index is -0.824. The maximum absolute atomic E-state index is 11.1. The fraction of sp³-hybridized carbons (Fsp3) is 0.111. The van der Waals surface area contributed by atoms with Crippen LogP contribution in [-0.2, 0) is 0 Å². The van der Waals surface area contributed by atoms with Crippen molar-refractivity contribution in [1.82, 2.24) is 0 Å². The minimum Gasteiger partial charge on any atom is -0.386 e. The van der Waals surface area contributed by atoms with Gasteiger partial charge in [-0.1, -0.05) is 6.07 Å². The van der Waals surface area contributed by atoms with Crippen LogP contribution in [-0.4, -0.2) is 22.5 Å². The van der Waals surface area contributed by atoms with Crippen LogP contribution in [0.5, 0.6) is 0 Å². The number of amidine groups is 1. The molecule has 0 aromatic heterocycles. The Morgan fingerprint density at radius 1 is 1.47 bits per heavy atom. The van der Waals surface area contributed by atoms with Gasteiger partial charge in [-0.15, -0.1) is 11.6 Å². The first kappa shape index (κ1) is 12.9. The van der Waals surface area contributed by atoms with Gasteiger partial charge in [-0.05, 0) is 6.07 Å². The Kier molecular flexibility index (Phi) is 4.00. The number of amides is 1. The normalized spacial score (nSPS) is 11.2. The highest BCUT2D eigenvalue weighted by Gasteiger charge is 2.20. The number of nitrogens with zero attached hydrogens (tertiary/aromatic N) is 2. The van der Waals surface area contributed by atoms with Crippen molar-refractivity contribution in [2.45, 2.75) is 0 Å². The average molecular weight is 257 g/mol. The highest BCUT2D eigenvalue weighted by atomic mass is 35.5. The number of hydrogen-bond acceptors (Lipinski definition) is 4. The van der Waals surface area contributed by atoms with Crippen molar-refractivity contribution in [2.75, 3.05) is 5.88 Å². The van der Waals surface area contributed by atoms with Crippen LogP contribution in [0.1, 0.15) is 10.4 Å². The topological polar surface area (TPSA) is 125 Å². The highest BCUT2D eigenvalue weighted by Crippen LogP contribution is 2.30. The molecule has 1 aromatic rings. The fourth-order valence-electron chi connectivity index (χ4n) is 1.17. The number of para-hydroxylation sites is 1. The van der Waals surface area contributed by atoms with Gasteiger partial charge in [0.2, 0.25) is 0 Å². The second-order valence-electron chi connectivity index (χ2n) is 3.03. The summed E-state index contributed by atoms with van der Waals surface area (Å²) in [5, 5.41) is 10.8.